The van der Waals surface area contributed by atoms with E-state index < -0.39 is 0 Å². The SMILES string of the molecule is COc1ccc(Br)c2c1C[C@H]1C[C@@H](C(=O)N3CCN(c4ccc5nsnc5n4)CC3)CN(C)[C@@H]1C2. The standard InChI is InChI=1S/C25H29BrN6O2S/c1-30-14-16(11-15-12-18-17(13-21(15)30)19(26)3-5-22(18)34-2)25(33)32-9-7-31(8-10-32)23-6-4-20-24(27-23)29-35-28-20/h3-6,15-16,21H,7-14H2,1-2H3/t15-,16-,21-/m1/s1. The number of hydrogen-bond donors (Lipinski definition) is 0. The summed E-state index contributed by atoms with van der Waals surface area (Å²) in [5.74, 6) is 2.69. The number of anilines is 1. The summed E-state index contributed by atoms with van der Waals surface area (Å²) < 4.78 is 15.3. The molecule has 6 rings (SSSR count). The average molecular weight is 558 g/mol. The van der Waals surface area contributed by atoms with E-state index in [1.165, 1.54) is 22.9 Å². The lowest BCUT2D eigenvalue weighted by Gasteiger charge is -2.47. The minimum Gasteiger partial charge on any atom is -0.496 e. The number of methoxy groups -OCH3 is 1. The first-order valence-corrected chi connectivity index (χ1v) is 13.7. The number of nitrogens with zero attached hydrogens (tertiary/aromatic N) is 6. The Kier molecular flexibility index (Phi) is 6.14. The normalized spacial score (nSPS) is 24.8. The summed E-state index contributed by atoms with van der Waals surface area (Å²) in [7, 11) is 3.93. The third kappa shape index (κ3) is 4.19. The molecule has 8 nitrogen and oxygen atoms in total. The summed E-state index contributed by atoms with van der Waals surface area (Å²) in [6, 6.07) is 8.59. The van der Waals surface area contributed by atoms with Crippen LogP contribution in [0.5, 0.6) is 5.75 Å². The molecule has 0 radical (unpaired) electrons. The number of rotatable bonds is 3. The second kappa shape index (κ2) is 9.29. The second-order valence-corrected chi connectivity index (χ2v) is 11.3. The number of piperazine rings is 1. The maximum atomic E-state index is 13.6. The van der Waals surface area contributed by atoms with Crippen molar-refractivity contribution in [2.75, 3.05) is 51.8 Å². The summed E-state index contributed by atoms with van der Waals surface area (Å²) >= 11 is 4.94. The molecule has 2 aliphatic heterocycles. The molecule has 0 bridgehead atoms. The van der Waals surface area contributed by atoms with Crippen LogP contribution in [0.3, 0.4) is 0 Å². The molecular formula is C25H29BrN6O2S. The third-order valence-corrected chi connectivity index (χ3v) is 9.28. The van der Waals surface area contributed by atoms with Crippen LogP contribution in [0, 0.1) is 11.8 Å². The first-order chi connectivity index (χ1) is 17.0. The first kappa shape index (κ1) is 23.1. The summed E-state index contributed by atoms with van der Waals surface area (Å²) in [4.78, 5) is 25.0. The zero-order chi connectivity index (χ0) is 24.1. The van der Waals surface area contributed by atoms with Crippen LogP contribution in [0.15, 0.2) is 28.7 Å². The molecule has 1 amide bonds. The van der Waals surface area contributed by atoms with Gasteiger partial charge in [-0.15, -0.1) is 0 Å². The molecule has 1 aliphatic carbocycles. The van der Waals surface area contributed by atoms with Gasteiger partial charge in [0.1, 0.15) is 17.1 Å². The molecule has 3 aliphatic rings. The van der Waals surface area contributed by atoms with E-state index in [-0.39, 0.29) is 5.92 Å². The molecule has 1 aromatic carbocycles. The summed E-state index contributed by atoms with van der Waals surface area (Å²) in [5.41, 5.74) is 4.20. The quantitative estimate of drug-likeness (QED) is 0.490. The van der Waals surface area contributed by atoms with Gasteiger partial charge in [-0.3, -0.25) is 4.79 Å². The number of aromatic nitrogens is 3. The van der Waals surface area contributed by atoms with Crippen molar-refractivity contribution < 1.29 is 9.53 Å². The van der Waals surface area contributed by atoms with Crippen LogP contribution in [0.4, 0.5) is 5.82 Å². The number of benzene rings is 1. The second-order valence-electron chi connectivity index (χ2n) is 9.90. The molecule has 3 atom stereocenters. The minimum atomic E-state index is 0.0445. The highest BCUT2D eigenvalue weighted by molar-refractivity contribution is 9.10. The maximum Gasteiger partial charge on any atom is 0.227 e. The van der Waals surface area contributed by atoms with Gasteiger partial charge in [0, 0.05) is 43.2 Å². The molecule has 0 saturated carbocycles. The Morgan fingerprint density at radius 2 is 1.91 bits per heavy atom. The Morgan fingerprint density at radius 1 is 1.09 bits per heavy atom. The number of piperidine rings is 1. The number of amides is 1. The first-order valence-electron chi connectivity index (χ1n) is 12.2. The van der Waals surface area contributed by atoms with Crippen LogP contribution in [-0.4, -0.2) is 82.4 Å². The number of pyridine rings is 1. The number of carbonyl (C=O) groups is 1. The average Bonchev–Trinajstić information content (AvgIpc) is 3.36. The summed E-state index contributed by atoms with van der Waals surface area (Å²) in [6.07, 6.45) is 2.90. The fraction of sp³-hybridized carbons (Fsp3) is 0.520. The van der Waals surface area contributed by atoms with Gasteiger partial charge in [-0.1, -0.05) is 15.9 Å². The molecule has 35 heavy (non-hydrogen) atoms. The predicted molar refractivity (Wildman–Crippen MR) is 140 cm³/mol. The van der Waals surface area contributed by atoms with Crippen LogP contribution in [0.25, 0.3) is 11.2 Å². The Labute approximate surface area is 217 Å². The van der Waals surface area contributed by atoms with Crippen LogP contribution >= 0.6 is 27.7 Å². The highest BCUT2D eigenvalue weighted by Crippen LogP contribution is 2.42. The predicted octanol–water partition coefficient (Wildman–Crippen LogP) is 3.24. The molecule has 10 heteroatoms. The Morgan fingerprint density at radius 3 is 2.71 bits per heavy atom. The minimum absolute atomic E-state index is 0.0445. The molecule has 0 spiro atoms. The summed E-state index contributed by atoms with van der Waals surface area (Å²) in [6.45, 7) is 3.85. The molecule has 2 fully saturated rings. The Hall–Kier alpha value is -2.30. The van der Waals surface area contributed by atoms with Crippen LogP contribution < -0.4 is 9.64 Å². The zero-order valence-electron chi connectivity index (χ0n) is 20.0. The number of halogens is 1. The van der Waals surface area contributed by atoms with Crippen molar-refractivity contribution in [2.24, 2.45) is 11.8 Å². The van der Waals surface area contributed by atoms with Crippen molar-refractivity contribution in [3.8, 4) is 5.75 Å². The molecule has 0 N–H and O–H groups in total. The lowest BCUT2D eigenvalue weighted by molar-refractivity contribution is -0.139. The van der Waals surface area contributed by atoms with Gasteiger partial charge in [0.15, 0.2) is 5.65 Å². The van der Waals surface area contributed by atoms with Crippen molar-refractivity contribution in [2.45, 2.75) is 25.3 Å². The molecule has 184 valence electrons. The van der Waals surface area contributed by atoms with Gasteiger partial charge >= 0.3 is 0 Å². The number of likely N-dealkylation sites (N-methyl/N-ethyl adjacent to an activating group) is 1. The topological polar surface area (TPSA) is 74.7 Å². The lowest BCUT2D eigenvalue weighted by Crippen LogP contribution is -2.56. The van der Waals surface area contributed by atoms with E-state index in [1.807, 2.05) is 12.1 Å². The van der Waals surface area contributed by atoms with Gasteiger partial charge in [-0.25, -0.2) is 4.98 Å². The van der Waals surface area contributed by atoms with E-state index in [1.54, 1.807) is 7.11 Å². The number of fused-ring (bicyclic) bond motifs is 3. The zero-order valence-corrected chi connectivity index (χ0v) is 22.4. The van der Waals surface area contributed by atoms with Crippen LogP contribution in [0.2, 0.25) is 0 Å². The molecule has 2 saturated heterocycles. The van der Waals surface area contributed by atoms with E-state index in [4.69, 9.17) is 4.74 Å². The molecule has 0 unspecified atom stereocenters. The van der Waals surface area contributed by atoms with Crippen molar-refractivity contribution in [1.29, 1.82) is 0 Å². The summed E-state index contributed by atoms with van der Waals surface area (Å²) in [5, 5.41) is 0. The highest BCUT2D eigenvalue weighted by atomic mass is 79.9. The molecule has 2 aromatic heterocycles. The Balaban J connectivity index is 1.12. The van der Waals surface area contributed by atoms with E-state index >= 15 is 0 Å². The number of hydrogen-bond acceptors (Lipinski definition) is 8. The Bertz CT molecular complexity index is 1260. The number of carbonyl (C=O) groups excluding carboxylic acids is 1. The van der Waals surface area contributed by atoms with Gasteiger partial charge < -0.3 is 19.4 Å². The van der Waals surface area contributed by atoms with E-state index in [0.717, 1.165) is 73.5 Å². The van der Waals surface area contributed by atoms with Crippen molar-refractivity contribution in [3.05, 3.63) is 39.9 Å². The fourth-order valence-corrected chi connectivity index (χ4v) is 7.19. The smallest absolute Gasteiger partial charge is 0.227 e. The van der Waals surface area contributed by atoms with Gasteiger partial charge in [-0.2, -0.15) is 8.75 Å². The van der Waals surface area contributed by atoms with E-state index in [2.05, 4.69) is 63.5 Å². The van der Waals surface area contributed by atoms with E-state index in [9.17, 15) is 4.79 Å². The van der Waals surface area contributed by atoms with Gasteiger partial charge in [0.25, 0.3) is 0 Å². The molecular weight excluding hydrogens is 528 g/mol. The maximum absolute atomic E-state index is 13.6. The van der Waals surface area contributed by atoms with Gasteiger partial charge in [-0.05, 0) is 67.6 Å². The fourth-order valence-electron chi connectivity index (χ4n) is 6.17. The van der Waals surface area contributed by atoms with Crippen molar-refractivity contribution in [3.63, 3.8) is 0 Å². The van der Waals surface area contributed by atoms with Crippen LogP contribution in [0.1, 0.15) is 17.5 Å². The van der Waals surface area contributed by atoms with Gasteiger partial charge in [0.2, 0.25) is 5.91 Å². The monoisotopic (exact) mass is 556 g/mol. The van der Waals surface area contributed by atoms with Crippen molar-refractivity contribution in [1.82, 2.24) is 23.5 Å². The molecule has 3 aromatic rings. The van der Waals surface area contributed by atoms with Crippen LogP contribution in [-0.2, 0) is 17.6 Å². The number of ether oxygens (including phenoxy) is 1. The molecule has 4 heterocycles. The highest BCUT2D eigenvalue weighted by Gasteiger charge is 2.42. The number of likely N-dealkylation sites (tertiary alicyclic amines) is 1. The van der Waals surface area contributed by atoms with E-state index in [0.29, 0.717) is 23.5 Å². The third-order valence-electron chi connectivity index (χ3n) is 8.01. The van der Waals surface area contributed by atoms with Gasteiger partial charge in [0.05, 0.1) is 24.8 Å². The largest absolute Gasteiger partial charge is 0.496 e. The lowest BCUT2D eigenvalue weighted by atomic mass is 9.72. The van der Waals surface area contributed by atoms with Crippen molar-refractivity contribution >= 4 is 50.5 Å².